The van der Waals surface area contributed by atoms with Crippen molar-refractivity contribution in [1.29, 1.82) is 0 Å². The fourth-order valence-corrected chi connectivity index (χ4v) is 1.96. The van der Waals surface area contributed by atoms with E-state index in [1.165, 1.54) is 0 Å². The molecule has 4 heteroatoms. The van der Waals surface area contributed by atoms with E-state index in [0.717, 1.165) is 25.9 Å². The van der Waals surface area contributed by atoms with Gasteiger partial charge in [0.05, 0.1) is 0 Å². The van der Waals surface area contributed by atoms with Crippen LogP contribution in [0.2, 0.25) is 0 Å². The van der Waals surface area contributed by atoms with Gasteiger partial charge in [0.25, 0.3) is 5.91 Å². The highest BCUT2D eigenvalue weighted by Crippen LogP contribution is 2.15. The molecule has 0 bridgehead atoms. The first-order chi connectivity index (χ1) is 7.06. The second-order valence-electron chi connectivity index (χ2n) is 4.40. The van der Waals surface area contributed by atoms with Gasteiger partial charge < -0.3 is 14.5 Å². The molecule has 1 saturated heterocycles. The van der Waals surface area contributed by atoms with Gasteiger partial charge in [-0.25, -0.2) is 0 Å². The number of ether oxygens (including phenoxy) is 1. The van der Waals surface area contributed by atoms with E-state index < -0.39 is 0 Å². The molecule has 0 saturated carbocycles. The van der Waals surface area contributed by atoms with E-state index in [9.17, 15) is 4.79 Å². The van der Waals surface area contributed by atoms with Crippen LogP contribution in [0.15, 0.2) is 0 Å². The van der Waals surface area contributed by atoms with Crippen molar-refractivity contribution in [2.24, 2.45) is 0 Å². The van der Waals surface area contributed by atoms with Crippen molar-refractivity contribution in [3.05, 3.63) is 0 Å². The molecule has 1 amide bonds. The second kappa shape index (κ2) is 5.47. The molecular formula is C11H22N2O2. The quantitative estimate of drug-likeness (QED) is 0.689. The van der Waals surface area contributed by atoms with Crippen molar-refractivity contribution in [3.63, 3.8) is 0 Å². The van der Waals surface area contributed by atoms with Crippen LogP contribution in [0.4, 0.5) is 0 Å². The van der Waals surface area contributed by atoms with Crippen molar-refractivity contribution in [2.45, 2.75) is 31.9 Å². The standard InChI is InChI=1S/C11H22N2O2/c1-9(15-4)11(14)13-7-5-10(6-8-13)12(2)3/h9-10H,5-8H2,1-4H3. The Hall–Kier alpha value is -0.610. The predicted octanol–water partition coefficient (Wildman–Crippen LogP) is 0.574. The third kappa shape index (κ3) is 3.18. The first kappa shape index (κ1) is 12.5. The monoisotopic (exact) mass is 214 g/mol. The summed E-state index contributed by atoms with van der Waals surface area (Å²) >= 11 is 0. The summed E-state index contributed by atoms with van der Waals surface area (Å²) < 4.78 is 5.04. The molecule has 1 unspecified atom stereocenters. The minimum atomic E-state index is -0.305. The average Bonchev–Trinajstić information content (AvgIpc) is 2.27. The van der Waals surface area contributed by atoms with E-state index in [0.29, 0.717) is 6.04 Å². The lowest BCUT2D eigenvalue weighted by Gasteiger charge is -2.36. The molecule has 15 heavy (non-hydrogen) atoms. The topological polar surface area (TPSA) is 32.8 Å². The molecular weight excluding hydrogens is 192 g/mol. The van der Waals surface area contributed by atoms with Crippen LogP contribution in [0.1, 0.15) is 19.8 Å². The van der Waals surface area contributed by atoms with Gasteiger partial charge in [0.2, 0.25) is 0 Å². The summed E-state index contributed by atoms with van der Waals surface area (Å²) in [6.07, 6.45) is 1.82. The van der Waals surface area contributed by atoms with E-state index in [-0.39, 0.29) is 12.0 Å². The van der Waals surface area contributed by atoms with E-state index in [1.54, 1.807) is 14.0 Å². The van der Waals surface area contributed by atoms with Crippen molar-refractivity contribution in [2.75, 3.05) is 34.3 Å². The number of methoxy groups -OCH3 is 1. The zero-order valence-corrected chi connectivity index (χ0v) is 10.2. The lowest BCUT2D eigenvalue weighted by atomic mass is 10.0. The molecule has 1 heterocycles. The molecule has 88 valence electrons. The zero-order chi connectivity index (χ0) is 11.4. The van der Waals surface area contributed by atoms with Crippen molar-refractivity contribution in [1.82, 2.24) is 9.80 Å². The molecule has 0 aromatic rings. The second-order valence-corrected chi connectivity index (χ2v) is 4.40. The molecule has 0 N–H and O–H groups in total. The van der Waals surface area contributed by atoms with Crippen molar-refractivity contribution >= 4 is 5.91 Å². The highest BCUT2D eigenvalue weighted by molar-refractivity contribution is 5.80. The Balaban J connectivity index is 2.40. The van der Waals surface area contributed by atoms with Gasteiger partial charge in [-0.3, -0.25) is 4.79 Å². The number of carbonyl (C=O) groups excluding carboxylic acids is 1. The zero-order valence-electron chi connectivity index (χ0n) is 10.2. The SMILES string of the molecule is COC(C)C(=O)N1CCC(N(C)C)CC1. The molecule has 1 aliphatic rings. The molecule has 1 atom stereocenters. The van der Waals surface area contributed by atoms with Crippen LogP contribution >= 0.6 is 0 Å². The maximum Gasteiger partial charge on any atom is 0.251 e. The highest BCUT2D eigenvalue weighted by Gasteiger charge is 2.26. The van der Waals surface area contributed by atoms with Crippen LogP contribution in [-0.2, 0) is 9.53 Å². The van der Waals surface area contributed by atoms with E-state index in [4.69, 9.17) is 4.74 Å². The fourth-order valence-electron chi connectivity index (χ4n) is 1.96. The summed E-state index contributed by atoms with van der Waals surface area (Å²) in [6.45, 7) is 3.52. The predicted molar refractivity (Wildman–Crippen MR) is 59.8 cm³/mol. The first-order valence-corrected chi connectivity index (χ1v) is 5.54. The first-order valence-electron chi connectivity index (χ1n) is 5.54. The third-order valence-corrected chi connectivity index (χ3v) is 3.21. The lowest BCUT2D eigenvalue weighted by Crippen LogP contribution is -2.47. The Morgan fingerprint density at radius 3 is 2.33 bits per heavy atom. The maximum absolute atomic E-state index is 11.8. The van der Waals surface area contributed by atoms with Gasteiger partial charge in [-0.15, -0.1) is 0 Å². The number of hydrogen-bond donors (Lipinski definition) is 0. The summed E-state index contributed by atoms with van der Waals surface area (Å²) in [7, 11) is 5.77. The summed E-state index contributed by atoms with van der Waals surface area (Å²) in [5, 5.41) is 0. The Kier molecular flexibility index (Phi) is 4.54. The van der Waals surface area contributed by atoms with Gasteiger partial charge in [0.15, 0.2) is 0 Å². The normalized spacial score (nSPS) is 20.7. The summed E-state index contributed by atoms with van der Waals surface area (Å²) in [5.74, 6) is 0.120. The van der Waals surface area contributed by atoms with Crippen LogP contribution in [-0.4, -0.2) is 62.1 Å². The Morgan fingerprint density at radius 1 is 1.40 bits per heavy atom. The van der Waals surface area contributed by atoms with Crippen molar-refractivity contribution < 1.29 is 9.53 Å². The van der Waals surface area contributed by atoms with Gasteiger partial charge in [-0.1, -0.05) is 0 Å². The largest absolute Gasteiger partial charge is 0.372 e. The minimum Gasteiger partial charge on any atom is -0.372 e. The fraction of sp³-hybridized carbons (Fsp3) is 0.909. The molecule has 0 aromatic carbocycles. The highest BCUT2D eigenvalue weighted by atomic mass is 16.5. The molecule has 0 aliphatic carbocycles. The number of hydrogen-bond acceptors (Lipinski definition) is 3. The van der Waals surface area contributed by atoms with Crippen LogP contribution in [0.5, 0.6) is 0 Å². The number of piperidine rings is 1. The van der Waals surface area contributed by atoms with Crippen LogP contribution in [0, 0.1) is 0 Å². The number of amides is 1. The van der Waals surface area contributed by atoms with E-state index in [2.05, 4.69) is 19.0 Å². The molecule has 0 spiro atoms. The lowest BCUT2D eigenvalue weighted by molar-refractivity contribution is -0.142. The Labute approximate surface area is 92.2 Å². The summed E-state index contributed by atoms with van der Waals surface area (Å²) in [6, 6.07) is 0.618. The van der Waals surface area contributed by atoms with Gasteiger partial charge in [-0.05, 0) is 33.9 Å². The van der Waals surface area contributed by atoms with Gasteiger partial charge in [-0.2, -0.15) is 0 Å². The minimum absolute atomic E-state index is 0.120. The molecule has 4 nitrogen and oxygen atoms in total. The third-order valence-electron chi connectivity index (χ3n) is 3.21. The summed E-state index contributed by atoms with van der Waals surface area (Å²) in [5.41, 5.74) is 0. The number of nitrogens with zero attached hydrogens (tertiary/aromatic N) is 2. The summed E-state index contributed by atoms with van der Waals surface area (Å²) in [4.78, 5) is 15.9. The van der Waals surface area contributed by atoms with Crippen molar-refractivity contribution in [3.8, 4) is 0 Å². The van der Waals surface area contributed by atoms with Crippen LogP contribution < -0.4 is 0 Å². The number of carbonyl (C=O) groups is 1. The Morgan fingerprint density at radius 2 is 1.93 bits per heavy atom. The van der Waals surface area contributed by atoms with Gasteiger partial charge >= 0.3 is 0 Å². The number of likely N-dealkylation sites (tertiary alicyclic amines) is 1. The average molecular weight is 214 g/mol. The van der Waals surface area contributed by atoms with Crippen LogP contribution in [0.25, 0.3) is 0 Å². The maximum atomic E-state index is 11.8. The molecule has 1 aliphatic heterocycles. The van der Waals surface area contributed by atoms with Gasteiger partial charge in [0.1, 0.15) is 6.10 Å². The molecule has 1 fully saturated rings. The smallest absolute Gasteiger partial charge is 0.251 e. The van der Waals surface area contributed by atoms with E-state index >= 15 is 0 Å². The van der Waals surface area contributed by atoms with Gasteiger partial charge in [0, 0.05) is 26.2 Å². The molecule has 0 aromatic heterocycles. The molecule has 0 radical (unpaired) electrons. The van der Waals surface area contributed by atoms with E-state index in [1.807, 2.05) is 4.90 Å². The van der Waals surface area contributed by atoms with Crippen LogP contribution in [0.3, 0.4) is 0 Å². The Bertz CT molecular complexity index is 211. The number of rotatable bonds is 3. The molecule has 1 rings (SSSR count).